The number of nitrogens with zero attached hydrogens (tertiary/aromatic N) is 1. The summed E-state index contributed by atoms with van der Waals surface area (Å²) in [5.41, 5.74) is 2.68. The molecular formula is C11H14N2O4. The molecular weight excluding hydrogens is 224 g/mol. The minimum atomic E-state index is -0.994. The van der Waals surface area contributed by atoms with Crippen molar-refractivity contribution in [3.8, 4) is 0 Å². The second-order valence-corrected chi connectivity index (χ2v) is 4.31. The second kappa shape index (κ2) is 4.57. The summed E-state index contributed by atoms with van der Waals surface area (Å²) < 4.78 is 0. The Kier molecular flexibility index (Phi) is 3.12. The van der Waals surface area contributed by atoms with E-state index in [1.807, 2.05) is 0 Å². The van der Waals surface area contributed by atoms with Crippen LogP contribution < -0.4 is 0 Å². The third-order valence-electron chi connectivity index (χ3n) is 3.07. The molecule has 6 heteroatoms. The van der Waals surface area contributed by atoms with E-state index < -0.39 is 17.9 Å². The Morgan fingerprint density at radius 1 is 1.24 bits per heavy atom. The number of nitrogens with one attached hydrogen (secondary N) is 1. The highest BCUT2D eigenvalue weighted by molar-refractivity contribution is 5.72. The molecule has 0 atom stereocenters. The van der Waals surface area contributed by atoms with Gasteiger partial charge < -0.3 is 10.2 Å². The number of hydrogen-bond donors (Lipinski definition) is 3. The quantitative estimate of drug-likeness (QED) is 0.708. The van der Waals surface area contributed by atoms with E-state index in [0.717, 1.165) is 30.5 Å². The van der Waals surface area contributed by atoms with Gasteiger partial charge in [0.1, 0.15) is 0 Å². The molecule has 0 spiro atoms. The maximum Gasteiger partial charge on any atom is 0.304 e. The third-order valence-corrected chi connectivity index (χ3v) is 3.07. The van der Waals surface area contributed by atoms with Crippen molar-refractivity contribution < 1.29 is 19.8 Å². The van der Waals surface area contributed by atoms with Crippen LogP contribution in [0.25, 0.3) is 0 Å². The first-order valence-electron chi connectivity index (χ1n) is 5.57. The fourth-order valence-electron chi connectivity index (χ4n) is 2.37. The Bertz CT molecular complexity index is 436. The second-order valence-electron chi connectivity index (χ2n) is 4.31. The SMILES string of the molecule is O=C(O)CC(CC(=O)O)c1n[nH]c2c1CCC2. The number of fused-ring (bicyclic) bond motifs is 1. The van der Waals surface area contributed by atoms with Crippen LogP contribution in [0.3, 0.4) is 0 Å². The monoisotopic (exact) mass is 238 g/mol. The van der Waals surface area contributed by atoms with Crippen molar-refractivity contribution in [1.82, 2.24) is 10.2 Å². The predicted molar refractivity (Wildman–Crippen MR) is 57.9 cm³/mol. The molecule has 0 unspecified atom stereocenters. The lowest BCUT2D eigenvalue weighted by Crippen LogP contribution is -2.13. The molecule has 0 fully saturated rings. The summed E-state index contributed by atoms with van der Waals surface area (Å²) in [4.78, 5) is 21.5. The van der Waals surface area contributed by atoms with Crippen molar-refractivity contribution in [1.29, 1.82) is 0 Å². The minimum Gasteiger partial charge on any atom is -0.481 e. The van der Waals surface area contributed by atoms with Gasteiger partial charge in [-0.3, -0.25) is 14.7 Å². The van der Waals surface area contributed by atoms with Crippen LogP contribution in [0.15, 0.2) is 0 Å². The zero-order chi connectivity index (χ0) is 12.4. The van der Waals surface area contributed by atoms with Gasteiger partial charge in [-0.1, -0.05) is 0 Å². The van der Waals surface area contributed by atoms with Crippen LogP contribution in [0.2, 0.25) is 0 Å². The highest BCUT2D eigenvalue weighted by Crippen LogP contribution is 2.31. The summed E-state index contributed by atoms with van der Waals surface area (Å²) in [7, 11) is 0. The maximum absolute atomic E-state index is 10.8. The van der Waals surface area contributed by atoms with Crippen molar-refractivity contribution in [2.75, 3.05) is 0 Å². The van der Waals surface area contributed by atoms with Crippen molar-refractivity contribution >= 4 is 11.9 Å². The fraction of sp³-hybridized carbons (Fsp3) is 0.545. The molecule has 0 aliphatic heterocycles. The Morgan fingerprint density at radius 2 is 1.88 bits per heavy atom. The van der Waals surface area contributed by atoms with Crippen molar-refractivity contribution in [3.05, 3.63) is 17.0 Å². The smallest absolute Gasteiger partial charge is 0.304 e. The molecule has 0 bridgehead atoms. The van der Waals surface area contributed by atoms with Crippen LogP contribution in [0.5, 0.6) is 0 Å². The number of carbonyl (C=O) groups is 2. The number of aromatic nitrogens is 2. The van der Waals surface area contributed by atoms with Crippen LogP contribution >= 0.6 is 0 Å². The molecule has 3 N–H and O–H groups in total. The molecule has 2 rings (SSSR count). The number of carboxylic acids is 2. The summed E-state index contributed by atoms with van der Waals surface area (Å²) in [5.74, 6) is -2.53. The van der Waals surface area contributed by atoms with E-state index in [1.54, 1.807) is 0 Å². The fourth-order valence-corrected chi connectivity index (χ4v) is 2.37. The minimum absolute atomic E-state index is 0.191. The number of hydrogen-bond acceptors (Lipinski definition) is 3. The maximum atomic E-state index is 10.8. The van der Waals surface area contributed by atoms with Gasteiger partial charge in [0.25, 0.3) is 0 Å². The van der Waals surface area contributed by atoms with Gasteiger partial charge in [-0.05, 0) is 24.8 Å². The van der Waals surface area contributed by atoms with Gasteiger partial charge in [0.2, 0.25) is 0 Å². The van der Waals surface area contributed by atoms with Crippen molar-refractivity contribution in [3.63, 3.8) is 0 Å². The third kappa shape index (κ3) is 2.46. The van der Waals surface area contributed by atoms with Gasteiger partial charge >= 0.3 is 11.9 Å². The van der Waals surface area contributed by atoms with Crippen LogP contribution in [0.4, 0.5) is 0 Å². The van der Waals surface area contributed by atoms with E-state index in [2.05, 4.69) is 10.2 Å². The largest absolute Gasteiger partial charge is 0.481 e. The molecule has 0 amide bonds. The Hall–Kier alpha value is -1.85. The number of aromatic amines is 1. The van der Waals surface area contributed by atoms with Crippen LogP contribution in [0.1, 0.15) is 42.1 Å². The molecule has 1 aliphatic carbocycles. The molecule has 6 nitrogen and oxygen atoms in total. The first-order valence-corrected chi connectivity index (χ1v) is 5.57. The summed E-state index contributed by atoms with van der Waals surface area (Å²) >= 11 is 0. The van der Waals surface area contributed by atoms with Crippen LogP contribution in [-0.4, -0.2) is 32.3 Å². The van der Waals surface area contributed by atoms with Crippen LogP contribution in [0, 0.1) is 0 Å². The van der Waals surface area contributed by atoms with Crippen molar-refractivity contribution in [2.24, 2.45) is 0 Å². The molecule has 1 aromatic rings. The molecule has 0 radical (unpaired) electrons. The Labute approximate surface area is 97.7 Å². The van der Waals surface area contributed by atoms with E-state index in [-0.39, 0.29) is 12.8 Å². The molecule has 0 aromatic carbocycles. The van der Waals surface area contributed by atoms with Gasteiger partial charge in [-0.2, -0.15) is 5.10 Å². The van der Waals surface area contributed by atoms with E-state index in [4.69, 9.17) is 10.2 Å². The van der Waals surface area contributed by atoms with E-state index in [9.17, 15) is 9.59 Å². The molecule has 1 aliphatic rings. The average Bonchev–Trinajstić information content (AvgIpc) is 2.74. The van der Waals surface area contributed by atoms with E-state index in [0.29, 0.717) is 5.69 Å². The van der Waals surface area contributed by atoms with Gasteiger partial charge in [0, 0.05) is 11.6 Å². The van der Waals surface area contributed by atoms with Crippen molar-refractivity contribution in [2.45, 2.75) is 38.0 Å². The van der Waals surface area contributed by atoms with Gasteiger partial charge in [-0.25, -0.2) is 0 Å². The zero-order valence-corrected chi connectivity index (χ0v) is 9.27. The summed E-state index contributed by atoms with van der Waals surface area (Å²) in [6, 6.07) is 0. The topological polar surface area (TPSA) is 103 Å². The van der Waals surface area contributed by atoms with Gasteiger partial charge in [0.15, 0.2) is 0 Å². The number of aliphatic carboxylic acids is 2. The first-order chi connectivity index (χ1) is 8.08. The predicted octanol–water partition coefficient (Wildman–Crippen LogP) is 0.931. The van der Waals surface area contributed by atoms with Gasteiger partial charge in [0.05, 0.1) is 18.5 Å². The zero-order valence-electron chi connectivity index (χ0n) is 9.27. The highest BCUT2D eigenvalue weighted by atomic mass is 16.4. The van der Waals surface area contributed by atoms with Crippen LogP contribution in [-0.2, 0) is 22.4 Å². The molecule has 17 heavy (non-hydrogen) atoms. The molecule has 1 heterocycles. The summed E-state index contributed by atoms with van der Waals surface area (Å²) in [6.07, 6.45) is 2.41. The normalized spacial score (nSPS) is 13.9. The Morgan fingerprint density at radius 3 is 2.47 bits per heavy atom. The molecule has 0 saturated carbocycles. The molecule has 92 valence electrons. The Balaban J connectivity index is 2.24. The molecule has 0 saturated heterocycles. The van der Waals surface area contributed by atoms with E-state index >= 15 is 0 Å². The lowest BCUT2D eigenvalue weighted by atomic mass is 9.94. The first kappa shape index (κ1) is 11.6. The van der Waals surface area contributed by atoms with E-state index in [1.165, 1.54) is 0 Å². The lowest BCUT2D eigenvalue weighted by molar-refractivity contribution is -0.139. The molecule has 1 aromatic heterocycles. The lowest BCUT2D eigenvalue weighted by Gasteiger charge is -2.11. The number of rotatable bonds is 5. The standard InChI is InChI=1S/C11H14N2O4/c14-9(15)4-6(5-10(16)17)11-7-2-1-3-8(7)12-13-11/h6H,1-5H2,(H,12,13)(H,14,15)(H,16,17). The highest BCUT2D eigenvalue weighted by Gasteiger charge is 2.27. The average molecular weight is 238 g/mol. The number of H-pyrrole nitrogens is 1. The summed E-state index contributed by atoms with van der Waals surface area (Å²) in [6.45, 7) is 0. The van der Waals surface area contributed by atoms with Gasteiger partial charge in [-0.15, -0.1) is 0 Å². The summed E-state index contributed by atoms with van der Waals surface area (Å²) in [5, 5.41) is 24.6. The number of carboxylic acid groups (broad SMARTS) is 2. The number of aryl methyl sites for hydroxylation is 1.